The highest BCUT2D eigenvalue weighted by atomic mass is 16.5. The highest BCUT2D eigenvalue weighted by molar-refractivity contribution is 5.73. The Kier molecular flexibility index (Phi) is 2.49. The molecular formula is C11H10N2O2. The largest absolute Gasteiger partial charge is 0.497 e. The molecule has 2 aromatic rings. The Balaban J connectivity index is 2.41. The van der Waals surface area contributed by atoms with Gasteiger partial charge in [-0.05, 0) is 30.3 Å². The Bertz CT molecular complexity index is 460. The number of methoxy groups -OCH3 is 1. The maximum absolute atomic E-state index is 10.7. The van der Waals surface area contributed by atoms with E-state index in [1.165, 1.54) is 0 Å². The lowest BCUT2D eigenvalue weighted by Gasteiger charge is -2.04. The molecule has 0 spiro atoms. The van der Waals surface area contributed by atoms with E-state index in [0.717, 1.165) is 17.7 Å². The van der Waals surface area contributed by atoms with E-state index in [-0.39, 0.29) is 0 Å². The van der Waals surface area contributed by atoms with Gasteiger partial charge in [0.25, 0.3) is 0 Å². The summed E-state index contributed by atoms with van der Waals surface area (Å²) in [5.74, 6) is 0.776. The number of aromatic nitrogens is 2. The topological polar surface area (TPSA) is 44.1 Å². The standard InChI is InChI=1S/C11H10N2O2/c1-15-11-4-2-9(3-5-11)13-10(8-14)6-7-12-13/h2-8H,1H3. The van der Waals surface area contributed by atoms with Crippen LogP contribution in [0.15, 0.2) is 36.5 Å². The van der Waals surface area contributed by atoms with Crippen molar-refractivity contribution in [3.63, 3.8) is 0 Å². The summed E-state index contributed by atoms with van der Waals surface area (Å²) in [6, 6.07) is 9.01. The number of hydrogen-bond acceptors (Lipinski definition) is 3. The predicted octanol–water partition coefficient (Wildman–Crippen LogP) is 1.69. The number of rotatable bonds is 3. The first-order valence-corrected chi connectivity index (χ1v) is 4.49. The van der Waals surface area contributed by atoms with Gasteiger partial charge in [0.2, 0.25) is 0 Å². The van der Waals surface area contributed by atoms with Gasteiger partial charge in [0, 0.05) is 0 Å². The number of carbonyl (C=O) groups is 1. The molecule has 4 heteroatoms. The van der Waals surface area contributed by atoms with Crippen molar-refractivity contribution in [3.8, 4) is 11.4 Å². The summed E-state index contributed by atoms with van der Waals surface area (Å²) in [5, 5.41) is 4.06. The highest BCUT2D eigenvalue weighted by Crippen LogP contribution is 2.15. The minimum Gasteiger partial charge on any atom is -0.497 e. The van der Waals surface area contributed by atoms with Crippen LogP contribution in [-0.2, 0) is 0 Å². The molecule has 0 amide bonds. The summed E-state index contributed by atoms with van der Waals surface area (Å²) in [5.41, 5.74) is 1.36. The van der Waals surface area contributed by atoms with E-state index >= 15 is 0 Å². The maximum Gasteiger partial charge on any atom is 0.168 e. The van der Waals surface area contributed by atoms with Gasteiger partial charge in [0.05, 0.1) is 19.0 Å². The van der Waals surface area contributed by atoms with Gasteiger partial charge in [0.15, 0.2) is 6.29 Å². The van der Waals surface area contributed by atoms with Crippen molar-refractivity contribution in [1.82, 2.24) is 9.78 Å². The van der Waals surface area contributed by atoms with E-state index in [9.17, 15) is 4.79 Å². The van der Waals surface area contributed by atoms with Crippen LogP contribution in [0.3, 0.4) is 0 Å². The van der Waals surface area contributed by atoms with Crippen molar-refractivity contribution >= 4 is 6.29 Å². The molecule has 1 aromatic heterocycles. The van der Waals surface area contributed by atoms with Crippen molar-refractivity contribution in [2.45, 2.75) is 0 Å². The van der Waals surface area contributed by atoms with E-state index in [1.807, 2.05) is 24.3 Å². The Hall–Kier alpha value is -2.10. The van der Waals surface area contributed by atoms with Gasteiger partial charge >= 0.3 is 0 Å². The van der Waals surface area contributed by atoms with Crippen molar-refractivity contribution in [3.05, 3.63) is 42.2 Å². The average Bonchev–Trinajstić information content (AvgIpc) is 2.77. The molecule has 0 radical (unpaired) electrons. The van der Waals surface area contributed by atoms with Gasteiger partial charge < -0.3 is 4.74 Å². The van der Waals surface area contributed by atoms with Gasteiger partial charge in [-0.1, -0.05) is 0 Å². The normalized spacial score (nSPS) is 9.93. The number of hydrogen-bond donors (Lipinski definition) is 0. The van der Waals surface area contributed by atoms with Gasteiger partial charge in [-0.25, -0.2) is 4.68 Å². The van der Waals surface area contributed by atoms with Crippen molar-refractivity contribution < 1.29 is 9.53 Å². The minimum atomic E-state index is 0.528. The zero-order valence-corrected chi connectivity index (χ0v) is 8.25. The quantitative estimate of drug-likeness (QED) is 0.711. The number of benzene rings is 1. The van der Waals surface area contributed by atoms with Crippen LogP contribution < -0.4 is 4.74 Å². The summed E-state index contributed by atoms with van der Waals surface area (Å²) in [6.07, 6.45) is 2.37. The van der Waals surface area contributed by atoms with E-state index < -0.39 is 0 Å². The minimum absolute atomic E-state index is 0.528. The number of carbonyl (C=O) groups excluding carboxylic acids is 1. The molecule has 0 aliphatic carbocycles. The van der Waals surface area contributed by atoms with Crippen LogP contribution >= 0.6 is 0 Å². The third-order valence-electron chi connectivity index (χ3n) is 2.11. The van der Waals surface area contributed by atoms with E-state index in [2.05, 4.69) is 5.10 Å². The van der Waals surface area contributed by atoms with Gasteiger partial charge in [-0.15, -0.1) is 0 Å². The van der Waals surface area contributed by atoms with Crippen LogP contribution in [0, 0.1) is 0 Å². The molecule has 2 rings (SSSR count). The van der Waals surface area contributed by atoms with Gasteiger partial charge in [-0.2, -0.15) is 5.10 Å². The molecule has 0 aliphatic rings. The molecule has 0 N–H and O–H groups in total. The molecule has 0 bridgehead atoms. The van der Waals surface area contributed by atoms with Crippen LogP contribution in [0.4, 0.5) is 0 Å². The monoisotopic (exact) mass is 202 g/mol. The molecule has 0 unspecified atom stereocenters. The number of ether oxygens (including phenoxy) is 1. The molecule has 76 valence electrons. The third-order valence-corrected chi connectivity index (χ3v) is 2.11. The van der Waals surface area contributed by atoms with Crippen molar-refractivity contribution in [2.24, 2.45) is 0 Å². The van der Waals surface area contributed by atoms with Crippen LogP contribution in [0.25, 0.3) is 5.69 Å². The lowest BCUT2D eigenvalue weighted by molar-refractivity contribution is 0.111. The first-order valence-electron chi connectivity index (χ1n) is 4.49. The van der Waals surface area contributed by atoms with Crippen LogP contribution in [0.5, 0.6) is 5.75 Å². The highest BCUT2D eigenvalue weighted by Gasteiger charge is 2.03. The Morgan fingerprint density at radius 2 is 2.00 bits per heavy atom. The molecule has 15 heavy (non-hydrogen) atoms. The molecule has 1 heterocycles. The Morgan fingerprint density at radius 1 is 1.27 bits per heavy atom. The second kappa shape index (κ2) is 3.96. The summed E-state index contributed by atoms with van der Waals surface area (Å²) in [6.45, 7) is 0. The van der Waals surface area contributed by atoms with Gasteiger partial charge in [-0.3, -0.25) is 4.79 Å². The first-order chi connectivity index (χ1) is 7.35. The van der Waals surface area contributed by atoms with E-state index in [4.69, 9.17) is 4.74 Å². The summed E-state index contributed by atoms with van der Waals surface area (Å²) >= 11 is 0. The van der Waals surface area contributed by atoms with Crippen LogP contribution in [-0.4, -0.2) is 23.2 Å². The molecule has 0 aliphatic heterocycles. The summed E-state index contributed by atoms with van der Waals surface area (Å²) in [7, 11) is 1.61. The predicted molar refractivity (Wildman–Crippen MR) is 55.5 cm³/mol. The fraction of sp³-hybridized carbons (Fsp3) is 0.0909. The smallest absolute Gasteiger partial charge is 0.168 e. The fourth-order valence-electron chi connectivity index (χ4n) is 1.34. The SMILES string of the molecule is COc1ccc(-n2nccc2C=O)cc1. The van der Waals surface area contributed by atoms with E-state index in [1.54, 1.807) is 24.1 Å². The lowest BCUT2D eigenvalue weighted by Crippen LogP contribution is -2.00. The summed E-state index contributed by atoms with van der Waals surface area (Å²) in [4.78, 5) is 10.7. The number of aldehydes is 1. The van der Waals surface area contributed by atoms with Crippen LogP contribution in [0.1, 0.15) is 10.5 Å². The maximum atomic E-state index is 10.7. The summed E-state index contributed by atoms with van der Waals surface area (Å²) < 4.78 is 6.62. The zero-order chi connectivity index (χ0) is 10.7. The third kappa shape index (κ3) is 1.74. The molecule has 0 atom stereocenters. The molecule has 0 fully saturated rings. The fourth-order valence-corrected chi connectivity index (χ4v) is 1.34. The molecular weight excluding hydrogens is 192 g/mol. The van der Waals surface area contributed by atoms with Crippen molar-refractivity contribution in [2.75, 3.05) is 7.11 Å². The molecule has 0 saturated carbocycles. The first kappa shape index (κ1) is 9.45. The van der Waals surface area contributed by atoms with Crippen LogP contribution in [0.2, 0.25) is 0 Å². The molecule has 0 saturated heterocycles. The Labute approximate surface area is 87.1 Å². The average molecular weight is 202 g/mol. The zero-order valence-electron chi connectivity index (χ0n) is 8.25. The second-order valence-corrected chi connectivity index (χ2v) is 2.98. The van der Waals surface area contributed by atoms with Gasteiger partial charge in [0.1, 0.15) is 11.4 Å². The Morgan fingerprint density at radius 3 is 2.60 bits per heavy atom. The van der Waals surface area contributed by atoms with Crippen molar-refractivity contribution in [1.29, 1.82) is 0 Å². The number of nitrogens with zero attached hydrogens (tertiary/aromatic N) is 2. The van der Waals surface area contributed by atoms with E-state index in [0.29, 0.717) is 5.69 Å². The molecule has 1 aromatic carbocycles. The second-order valence-electron chi connectivity index (χ2n) is 2.98. The molecule has 4 nitrogen and oxygen atoms in total. The lowest BCUT2D eigenvalue weighted by atomic mass is 10.3.